The zero-order valence-corrected chi connectivity index (χ0v) is 19.0. The van der Waals surface area contributed by atoms with E-state index in [1.807, 2.05) is 24.3 Å². The zero-order valence-electron chi connectivity index (χ0n) is 19.0. The summed E-state index contributed by atoms with van der Waals surface area (Å²) >= 11 is 0. The maximum absolute atomic E-state index is 12.7. The molecular weight excluding hydrogens is 422 g/mol. The average Bonchev–Trinajstić information content (AvgIpc) is 3.54. The summed E-state index contributed by atoms with van der Waals surface area (Å²) in [7, 11) is 0. The van der Waals surface area contributed by atoms with Crippen LogP contribution in [0.15, 0.2) is 47.1 Å². The van der Waals surface area contributed by atoms with Crippen molar-refractivity contribution in [2.45, 2.75) is 32.2 Å². The molecule has 8 nitrogen and oxygen atoms in total. The summed E-state index contributed by atoms with van der Waals surface area (Å²) in [4.78, 5) is 40.9. The third-order valence-electron chi connectivity index (χ3n) is 6.12. The van der Waals surface area contributed by atoms with Crippen LogP contribution in [0.2, 0.25) is 0 Å². The van der Waals surface area contributed by atoms with Gasteiger partial charge in [-0.15, -0.1) is 0 Å². The number of hydrogen-bond donors (Lipinski definition) is 1. The Balaban J connectivity index is 1.11. The van der Waals surface area contributed by atoms with Crippen LogP contribution in [0.25, 0.3) is 0 Å². The van der Waals surface area contributed by atoms with Crippen molar-refractivity contribution in [3.63, 3.8) is 0 Å². The molecule has 2 heterocycles. The molecule has 0 radical (unpaired) electrons. The highest BCUT2D eigenvalue weighted by Gasteiger charge is 2.30. The molecule has 33 heavy (non-hydrogen) atoms. The summed E-state index contributed by atoms with van der Waals surface area (Å²) in [5.74, 6) is 0.988. The van der Waals surface area contributed by atoms with Crippen molar-refractivity contribution in [2.75, 3.05) is 39.3 Å². The minimum atomic E-state index is -0.603. The Morgan fingerprint density at radius 2 is 1.82 bits per heavy atom. The first-order chi connectivity index (χ1) is 16.0. The Hall–Kier alpha value is -3.13. The number of carbonyl (C=O) groups excluding carboxylic acids is 3. The van der Waals surface area contributed by atoms with E-state index in [0.29, 0.717) is 19.7 Å². The van der Waals surface area contributed by atoms with E-state index in [0.717, 1.165) is 50.2 Å². The molecule has 1 aromatic carbocycles. The van der Waals surface area contributed by atoms with Crippen LogP contribution in [0.4, 0.5) is 0 Å². The van der Waals surface area contributed by atoms with Gasteiger partial charge in [0.1, 0.15) is 11.8 Å². The highest BCUT2D eigenvalue weighted by Crippen LogP contribution is 2.32. The molecule has 1 aliphatic carbocycles. The number of ketones is 1. The van der Waals surface area contributed by atoms with Crippen LogP contribution >= 0.6 is 0 Å². The first-order valence-corrected chi connectivity index (χ1v) is 11.6. The number of amides is 2. The Kier molecular flexibility index (Phi) is 7.44. The van der Waals surface area contributed by atoms with Crippen LogP contribution in [0.3, 0.4) is 0 Å². The van der Waals surface area contributed by atoms with Gasteiger partial charge < -0.3 is 19.4 Å². The lowest BCUT2D eigenvalue weighted by Gasteiger charge is -2.36. The molecule has 1 saturated carbocycles. The molecule has 176 valence electrons. The van der Waals surface area contributed by atoms with E-state index in [1.165, 1.54) is 6.26 Å². The lowest BCUT2D eigenvalue weighted by Crippen LogP contribution is -2.54. The summed E-state index contributed by atoms with van der Waals surface area (Å²) in [5.41, 5.74) is 0.770. The van der Waals surface area contributed by atoms with E-state index in [4.69, 9.17) is 9.15 Å². The third-order valence-corrected chi connectivity index (χ3v) is 6.12. The summed E-state index contributed by atoms with van der Waals surface area (Å²) < 4.78 is 10.9. The zero-order chi connectivity index (χ0) is 23.2. The van der Waals surface area contributed by atoms with Crippen molar-refractivity contribution in [2.24, 2.45) is 5.92 Å². The number of nitrogens with one attached hydrogen (secondary N) is 1. The predicted molar refractivity (Wildman–Crippen MR) is 122 cm³/mol. The third kappa shape index (κ3) is 6.22. The van der Waals surface area contributed by atoms with Gasteiger partial charge in [0.2, 0.25) is 5.91 Å². The Bertz CT molecular complexity index is 945. The summed E-state index contributed by atoms with van der Waals surface area (Å²) in [6, 6.07) is 10.0. The Morgan fingerprint density at radius 1 is 1.09 bits per heavy atom. The van der Waals surface area contributed by atoms with Crippen molar-refractivity contribution in [3.8, 4) is 5.75 Å². The number of Topliss-reactive ketones (excluding diaryl/α,β-unsaturated/α-hetero) is 1. The number of ether oxygens (including phenoxy) is 1. The molecule has 1 N–H and O–H groups in total. The summed E-state index contributed by atoms with van der Waals surface area (Å²) in [6.07, 6.45) is 4.34. The molecule has 2 fully saturated rings. The second-order valence-electron chi connectivity index (χ2n) is 8.70. The SMILES string of the molecule is C[C@H](NC(=O)c1ccco1)C(=O)N1CCN(CCCOc2ccc(C(=O)C3CC3)cc2)CC1. The van der Waals surface area contributed by atoms with Crippen LogP contribution in [0, 0.1) is 5.92 Å². The highest BCUT2D eigenvalue weighted by atomic mass is 16.5. The van der Waals surface area contributed by atoms with Crippen molar-refractivity contribution >= 4 is 17.6 Å². The second-order valence-corrected chi connectivity index (χ2v) is 8.70. The lowest BCUT2D eigenvalue weighted by atomic mass is 10.1. The maximum Gasteiger partial charge on any atom is 0.287 e. The van der Waals surface area contributed by atoms with Gasteiger partial charge in [-0.1, -0.05) is 0 Å². The number of rotatable bonds is 10. The molecule has 2 amide bonds. The van der Waals surface area contributed by atoms with E-state index < -0.39 is 6.04 Å². The number of furan rings is 1. The molecule has 1 aromatic heterocycles. The van der Waals surface area contributed by atoms with E-state index in [-0.39, 0.29) is 29.3 Å². The molecule has 1 atom stereocenters. The molecule has 4 rings (SSSR count). The van der Waals surface area contributed by atoms with Crippen LogP contribution in [-0.2, 0) is 4.79 Å². The molecular formula is C25H31N3O5. The quantitative estimate of drug-likeness (QED) is 0.439. The van der Waals surface area contributed by atoms with Crippen LogP contribution in [-0.4, -0.2) is 72.8 Å². The normalized spacial score (nSPS) is 17.4. The highest BCUT2D eigenvalue weighted by molar-refractivity contribution is 5.99. The molecule has 2 aliphatic rings. The van der Waals surface area contributed by atoms with E-state index in [2.05, 4.69) is 10.2 Å². The van der Waals surface area contributed by atoms with Crippen LogP contribution in [0.1, 0.15) is 47.1 Å². The topological polar surface area (TPSA) is 92.1 Å². The maximum atomic E-state index is 12.7. The van der Waals surface area contributed by atoms with Gasteiger partial charge in [0.15, 0.2) is 11.5 Å². The van der Waals surface area contributed by atoms with Gasteiger partial charge in [-0.05, 0) is 62.6 Å². The van der Waals surface area contributed by atoms with Crippen LogP contribution in [0.5, 0.6) is 5.75 Å². The molecule has 2 aromatic rings. The lowest BCUT2D eigenvalue weighted by molar-refractivity contribution is -0.134. The van der Waals surface area contributed by atoms with E-state index in [9.17, 15) is 14.4 Å². The molecule has 0 bridgehead atoms. The van der Waals surface area contributed by atoms with Gasteiger partial charge in [-0.3, -0.25) is 19.3 Å². The van der Waals surface area contributed by atoms with Gasteiger partial charge in [0.05, 0.1) is 12.9 Å². The number of benzene rings is 1. The minimum Gasteiger partial charge on any atom is -0.494 e. The predicted octanol–water partition coefficient (Wildman–Crippen LogP) is 2.60. The Labute approximate surface area is 193 Å². The van der Waals surface area contributed by atoms with Gasteiger partial charge in [-0.25, -0.2) is 0 Å². The number of nitrogens with zero attached hydrogens (tertiary/aromatic N) is 2. The van der Waals surface area contributed by atoms with Crippen molar-refractivity contribution in [1.29, 1.82) is 0 Å². The van der Waals surface area contributed by atoms with Crippen molar-refractivity contribution in [1.82, 2.24) is 15.1 Å². The standard InChI is InChI=1S/C25H31N3O5/c1-18(26-24(30)22-4-2-16-33-22)25(31)28-14-12-27(13-15-28)11-3-17-32-21-9-7-20(8-10-21)23(29)19-5-6-19/h2,4,7-10,16,18-19H,3,5-6,11-15,17H2,1H3,(H,26,30)/t18-/m0/s1. The minimum absolute atomic E-state index is 0.0819. The van der Waals surface area contributed by atoms with E-state index >= 15 is 0 Å². The summed E-state index contributed by atoms with van der Waals surface area (Å²) in [5, 5.41) is 2.69. The van der Waals surface area contributed by atoms with Gasteiger partial charge in [-0.2, -0.15) is 0 Å². The first-order valence-electron chi connectivity index (χ1n) is 11.6. The molecule has 1 saturated heterocycles. The largest absolute Gasteiger partial charge is 0.494 e. The smallest absolute Gasteiger partial charge is 0.287 e. The molecule has 1 aliphatic heterocycles. The fourth-order valence-electron chi connectivity index (χ4n) is 3.98. The second kappa shape index (κ2) is 10.7. The fraction of sp³-hybridized carbons (Fsp3) is 0.480. The van der Waals surface area contributed by atoms with Gasteiger partial charge >= 0.3 is 0 Å². The fourth-order valence-corrected chi connectivity index (χ4v) is 3.98. The van der Waals surface area contributed by atoms with Crippen molar-refractivity contribution in [3.05, 3.63) is 54.0 Å². The number of hydrogen-bond acceptors (Lipinski definition) is 6. The van der Waals surface area contributed by atoms with Gasteiger partial charge in [0, 0.05) is 44.2 Å². The van der Waals surface area contributed by atoms with Crippen molar-refractivity contribution < 1.29 is 23.5 Å². The first kappa shape index (κ1) is 23.0. The molecule has 0 unspecified atom stereocenters. The van der Waals surface area contributed by atoms with Gasteiger partial charge in [0.25, 0.3) is 5.91 Å². The van der Waals surface area contributed by atoms with E-state index in [1.54, 1.807) is 24.0 Å². The van der Waals surface area contributed by atoms with Crippen LogP contribution < -0.4 is 10.1 Å². The average molecular weight is 454 g/mol. The molecule has 0 spiro atoms. The summed E-state index contributed by atoms with van der Waals surface area (Å²) in [6.45, 7) is 6.05. The number of carbonyl (C=O) groups is 3. The molecule has 8 heteroatoms. The number of piperazine rings is 1. The monoisotopic (exact) mass is 453 g/mol. The Morgan fingerprint density at radius 3 is 2.45 bits per heavy atom.